The molecule has 3 amide bonds. The fourth-order valence-corrected chi connectivity index (χ4v) is 6.13. The molecular formula is C26H38N2O5. The van der Waals surface area contributed by atoms with Gasteiger partial charge in [-0.2, -0.15) is 0 Å². The highest BCUT2D eigenvalue weighted by molar-refractivity contribution is 6.20. The van der Waals surface area contributed by atoms with Crippen molar-refractivity contribution in [3.05, 3.63) is 11.1 Å². The van der Waals surface area contributed by atoms with E-state index in [0.29, 0.717) is 30.4 Å². The largest absolute Gasteiger partial charge is 0.464 e. The molecule has 3 aliphatic carbocycles. The van der Waals surface area contributed by atoms with Crippen LogP contribution in [0.1, 0.15) is 96.8 Å². The van der Waals surface area contributed by atoms with Crippen LogP contribution in [-0.4, -0.2) is 47.3 Å². The van der Waals surface area contributed by atoms with Crippen molar-refractivity contribution >= 4 is 23.7 Å². The van der Waals surface area contributed by atoms with Crippen molar-refractivity contribution in [3.63, 3.8) is 0 Å². The Morgan fingerprint density at radius 2 is 1.52 bits per heavy atom. The fourth-order valence-electron chi connectivity index (χ4n) is 6.13. The first-order valence-corrected chi connectivity index (χ1v) is 13.1. The van der Waals surface area contributed by atoms with Gasteiger partial charge in [0, 0.05) is 23.1 Å². The van der Waals surface area contributed by atoms with E-state index in [-0.39, 0.29) is 42.2 Å². The minimum Gasteiger partial charge on any atom is -0.464 e. The van der Waals surface area contributed by atoms with E-state index in [9.17, 15) is 19.2 Å². The number of ether oxygens (including phenoxy) is 1. The molecular weight excluding hydrogens is 420 g/mol. The first kappa shape index (κ1) is 24.0. The Labute approximate surface area is 196 Å². The number of rotatable bonds is 7. The predicted molar refractivity (Wildman–Crippen MR) is 123 cm³/mol. The van der Waals surface area contributed by atoms with E-state index in [4.69, 9.17) is 4.74 Å². The SMILES string of the molecule is CCOC(=O)C(CC1CCC(NC(=O)C2CCCCC2)CC1)N1C(=O)C2=C(CCCC2)C1=O. The fraction of sp³-hybridized carbons (Fsp3) is 0.769. The van der Waals surface area contributed by atoms with Crippen LogP contribution >= 0.6 is 0 Å². The van der Waals surface area contributed by atoms with E-state index in [0.717, 1.165) is 64.2 Å². The lowest BCUT2D eigenvalue weighted by molar-refractivity contribution is -0.158. The first-order chi connectivity index (χ1) is 16.0. The predicted octanol–water partition coefficient (Wildman–Crippen LogP) is 3.80. The average Bonchev–Trinajstić information content (AvgIpc) is 3.09. The molecule has 7 heteroatoms. The van der Waals surface area contributed by atoms with Gasteiger partial charge in [0.15, 0.2) is 0 Å². The van der Waals surface area contributed by atoms with E-state index >= 15 is 0 Å². The Balaban J connectivity index is 1.35. The molecule has 1 aliphatic heterocycles. The van der Waals surface area contributed by atoms with E-state index < -0.39 is 12.0 Å². The van der Waals surface area contributed by atoms with E-state index in [1.807, 2.05) is 0 Å². The van der Waals surface area contributed by atoms with Gasteiger partial charge in [0.1, 0.15) is 6.04 Å². The lowest BCUT2D eigenvalue weighted by Crippen LogP contribution is -2.48. The molecule has 2 fully saturated rings. The number of carbonyl (C=O) groups excluding carboxylic acids is 4. The molecule has 2 saturated carbocycles. The second kappa shape index (κ2) is 10.8. The quantitative estimate of drug-likeness (QED) is 0.463. The molecule has 0 aromatic rings. The van der Waals surface area contributed by atoms with Crippen molar-refractivity contribution < 1.29 is 23.9 Å². The highest BCUT2D eigenvalue weighted by Crippen LogP contribution is 2.37. The van der Waals surface area contributed by atoms with E-state index in [2.05, 4.69) is 5.32 Å². The maximum absolute atomic E-state index is 13.1. The number of amides is 3. The molecule has 7 nitrogen and oxygen atoms in total. The standard InChI is InChI=1S/C26H38N2O5/c1-2-33-26(32)22(28-24(30)20-10-6-7-11-21(20)25(28)31)16-17-12-14-19(15-13-17)27-23(29)18-8-4-3-5-9-18/h17-19,22H,2-16H2,1H3,(H,27,29). The van der Waals surface area contributed by atoms with Gasteiger partial charge in [-0.25, -0.2) is 4.79 Å². The molecule has 182 valence electrons. The number of imide groups is 1. The summed E-state index contributed by atoms with van der Waals surface area (Å²) in [7, 11) is 0. The van der Waals surface area contributed by atoms with Gasteiger partial charge in [-0.15, -0.1) is 0 Å². The molecule has 1 unspecified atom stereocenters. The minimum atomic E-state index is -0.853. The monoisotopic (exact) mass is 458 g/mol. The first-order valence-electron chi connectivity index (χ1n) is 13.1. The summed E-state index contributed by atoms with van der Waals surface area (Å²) >= 11 is 0. The highest BCUT2D eigenvalue weighted by atomic mass is 16.5. The van der Waals surface area contributed by atoms with E-state index in [1.165, 1.54) is 11.3 Å². The van der Waals surface area contributed by atoms with Crippen LogP contribution in [-0.2, 0) is 23.9 Å². The van der Waals surface area contributed by atoms with Gasteiger partial charge < -0.3 is 10.1 Å². The summed E-state index contributed by atoms with van der Waals surface area (Å²) in [5.74, 6) is -0.475. The summed E-state index contributed by atoms with van der Waals surface area (Å²) in [4.78, 5) is 52.8. The van der Waals surface area contributed by atoms with Gasteiger partial charge in [-0.05, 0) is 83.5 Å². The zero-order valence-corrected chi connectivity index (χ0v) is 19.9. The Morgan fingerprint density at radius 1 is 0.909 bits per heavy atom. The summed E-state index contributed by atoms with van der Waals surface area (Å²) in [6.45, 7) is 1.96. The molecule has 0 radical (unpaired) electrons. The second-order valence-electron chi connectivity index (χ2n) is 10.2. The van der Waals surface area contributed by atoms with Crippen molar-refractivity contribution in [2.24, 2.45) is 11.8 Å². The van der Waals surface area contributed by atoms with Crippen LogP contribution in [0.2, 0.25) is 0 Å². The van der Waals surface area contributed by atoms with Crippen molar-refractivity contribution in [2.75, 3.05) is 6.61 Å². The summed E-state index contributed by atoms with van der Waals surface area (Å²) in [6, 6.07) is -0.672. The maximum Gasteiger partial charge on any atom is 0.329 e. The molecule has 0 bridgehead atoms. The number of carbonyl (C=O) groups is 4. The molecule has 1 heterocycles. The summed E-state index contributed by atoms with van der Waals surface area (Å²) in [5.41, 5.74) is 1.21. The number of nitrogens with zero attached hydrogens (tertiary/aromatic N) is 1. The van der Waals surface area contributed by atoms with Gasteiger partial charge >= 0.3 is 5.97 Å². The van der Waals surface area contributed by atoms with Gasteiger partial charge in [0.2, 0.25) is 5.91 Å². The molecule has 4 aliphatic rings. The zero-order valence-electron chi connectivity index (χ0n) is 19.9. The van der Waals surface area contributed by atoms with Crippen molar-refractivity contribution in [2.45, 2.75) is 109 Å². The number of nitrogens with one attached hydrogen (secondary N) is 1. The van der Waals surface area contributed by atoms with Crippen molar-refractivity contribution in [1.29, 1.82) is 0 Å². The summed E-state index contributed by atoms with van der Waals surface area (Å²) in [6.07, 6.45) is 12.5. The topological polar surface area (TPSA) is 92.8 Å². The molecule has 4 rings (SSSR count). The maximum atomic E-state index is 13.1. The summed E-state index contributed by atoms with van der Waals surface area (Å²) < 4.78 is 5.29. The van der Waals surface area contributed by atoms with Crippen LogP contribution in [0.4, 0.5) is 0 Å². The third-order valence-electron chi connectivity index (χ3n) is 8.02. The molecule has 0 spiro atoms. The highest BCUT2D eigenvalue weighted by Gasteiger charge is 2.46. The van der Waals surface area contributed by atoms with Gasteiger partial charge in [0.05, 0.1) is 6.61 Å². The van der Waals surface area contributed by atoms with Crippen LogP contribution in [0.3, 0.4) is 0 Å². The average molecular weight is 459 g/mol. The Bertz CT molecular complexity index is 777. The van der Waals surface area contributed by atoms with E-state index in [1.54, 1.807) is 6.92 Å². The van der Waals surface area contributed by atoms with Crippen LogP contribution < -0.4 is 5.32 Å². The van der Waals surface area contributed by atoms with Crippen LogP contribution in [0.5, 0.6) is 0 Å². The second-order valence-corrected chi connectivity index (χ2v) is 10.2. The van der Waals surface area contributed by atoms with Crippen LogP contribution in [0.25, 0.3) is 0 Å². The molecule has 1 N–H and O–H groups in total. The molecule has 0 saturated heterocycles. The third-order valence-corrected chi connectivity index (χ3v) is 8.02. The number of hydrogen-bond donors (Lipinski definition) is 1. The van der Waals surface area contributed by atoms with Crippen LogP contribution in [0, 0.1) is 11.8 Å². The lowest BCUT2D eigenvalue weighted by Gasteiger charge is -2.34. The summed E-state index contributed by atoms with van der Waals surface area (Å²) in [5, 5.41) is 3.25. The van der Waals surface area contributed by atoms with Crippen molar-refractivity contribution in [1.82, 2.24) is 10.2 Å². The molecule has 1 atom stereocenters. The Kier molecular flexibility index (Phi) is 7.86. The van der Waals surface area contributed by atoms with Crippen molar-refractivity contribution in [3.8, 4) is 0 Å². The molecule has 0 aromatic carbocycles. The Hall–Kier alpha value is -2.18. The third kappa shape index (κ3) is 5.33. The van der Waals surface area contributed by atoms with Crippen LogP contribution in [0.15, 0.2) is 11.1 Å². The van der Waals surface area contributed by atoms with Gasteiger partial charge in [-0.3, -0.25) is 19.3 Å². The smallest absolute Gasteiger partial charge is 0.329 e. The molecule has 0 aromatic heterocycles. The normalized spacial score (nSPS) is 27.4. The lowest BCUT2D eigenvalue weighted by atomic mass is 9.81. The molecule has 33 heavy (non-hydrogen) atoms. The van der Waals surface area contributed by atoms with Gasteiger partial charge in [0.25, 0.3) is 11.8 Å². The zero-order chi connectivity index (χ0) is 23.4. The Morgan fingerprint density at radius 3 is 2.09 bits per heavy atom. The number of esters is 1. The minimum absolute atomic E-state index is 0.162. The van der Waals surface area contributed by atoms with Gasteiger partial charge in [-0.1, -0.05) is 19.3 Å². The number of hydrogen-bond acceptors (Lipinski definition) is 5.